The third-order valence-corrected chi connectivity index (χ3v) is 3.99. The Balaban J connectivity index is 2.01. The molecule has 1 unspecified atom stereocenters. The van der Waals surface area contributed by atoms with Crippen molar-refractivity contribution in [3.05, 3.63) is 0 Å². The van der Waals surface area contributed by atoms with E-state index in [-0.39, 0.29) is 5.75 Å². The molecule has 1 atom stereocenters. The molecule has 0 saturated carbocycles. The van der Waals surface area contributed by atoms with E-state index in [1.807, 2.05) is 11.8 Å². The Kier molecular flexibility index (Phi) is 4.51. The van der Waals surface area contributed by atoms with Gasteiger partial charge in [0.05, 0.1) is 5.75 Å². The van der Waals surface area contributed by atoms with Gasteiger partial charge in [-0.15, -0.1) is 0 Å². The number of thioether (sulfide) groups is 1. The summed E-state index contributed by atoms with van der Waals surface area (Å²) in [6, 6.07) is 0.575. The van der Waals surface area contributed by atoms with Crippen LogP contribution in [0.4, 0.5) is 0 Å². The van der Waals surface area contributed by atoms with Crippen LogP contribution >= 0.6 is 11.8 Å². The number of hydrogen-bond donors (Lipinski definition) is 2. The normalized spacial score (nSPS) is 23.6. The smallest absolute Gasteiger partial charge is 0.209 e. The first-order valence-corrected chi connectivity index (χ1v) is 7.26. The Morgan fingerprint density at radius 1 is 1.54 bits per heavy atom. The standard InChI is InChI=1S/C7H16N2O2S2/c8-13(10,11)5-1-3-9-7-2-4-12-6-7/h7,9H,1-6H2,(H2,8,10,11). The zero-order valence-corrected chi connectivity index (χ0v) is 9.16. The summed E-state index contributed by atoms with van der Waals surface area (Å²) in [5, 5.41) is 8.18. The van der Waals surface area contributed by atoms with Crippen molar-refractivity contribution in [2.24, 2.45) is 5.14 Å². The van der Waals surface area contributed by atoms with Crippen LogP contribution < -0.4 is 10.5 Å². The summed E-state index contributed by atoms with van der Waals surface area (Å²) in [5.74, 6) is 2.45. The predicted octanol–water partition coefficient (Wildman–Crippen LogP) is -0.240. The molecule has 78 valence electrons. The van der Waals surface area contributed by atoms with E-state index >= 15 is 0 Å². The van der Waals surface area contributed by atoms with Crippen LogP contribution in [-0.4, -0.2) is 38.3 Å². The second-order valence-corrected chi connectivity index (χ2v) is 6.12. The second-order valence-electron chi connectivity index (χ2n) is 3.24. The predicted molar refractivity (Wildman–Crippen MR) is 56.3 cm³/mol. The third-order valence-electron chi connectivity index (χ3n) is 1.97. The van der Waals surface area contributed by atoms with Gasteiger partial charge in [0.25, 0.3) is 0 Å². The van der Waals surface area contributed by atoms with Gasteiger partial charge in [0.15, 0.2) is 0 Å². The van der Waals surface area contributed by atoms with Crippen LogP contribution in [0.3, 0.4) is 0 Å². The van der Waals surface area contributed by atoms with E-state index in [1.54, 1.807) is 0 Å². The van der Waals surface area contributed by atoms with Crippen LogP contribution in [0.1, 0.15) is 12.8 Å². The van der Waals surface area contributed by atoms with E-state index < -0.39 is 10.0 Å². The maximum atomic E-state index is 10.6. The van der Waals surface area contributed by atoms with Gasteiger partial charge in [-0.1, -0.05) is 0 Å². The summed E-state index contributed by atoms with van der Waals surface area (Å²) in [6.07, 6.45) is 1.81. The first-order chi connectivity index (χ1) is 6.08. The number of nitrogens with two attached hydrogens (primary N) is 1. The Hall–Kier alpha value is 0.220. The molecule has 0 bridgehead atoms. The number of hydrogen-bond acceptors (Lipinski definition) is 4. The van der Waals surface area contributed by atoms with Gasteiger partial charge in [-0.25, -0.2) is 13.6 Å². The molecule has 1 saturated heterocycles. The topological polar surface area (TPSA) is 72.2 Å². The molecule has 0 aliphatic carbocycles. The van der Waals surface area contributed by atoms with E-state index in [0.29, 0.717) is 12.5 Å². The minimum atomic E-state index is -3.27. The third kappa shape index (κ3) is 5.51. The highest BCUT2D eigenvalue weighted by atomic mass is 32.2. The highest BCUT2D eigenvalue weighted by Gasteiger charge is 2.14. The minimum Gasteiger partial charge on any atom is -0.313 e. The van der Waals surface area contributed by atoms with E-state index in [4.69, 9.17) is 5.14 Å². The number of sulfonamides is 1. The van der Waals surface area contributed by atoms with Gasteiger partial charge in [-0.3, -0.25) is 0 Å². The zero-order valence-electron chi connectivity index (χ0n) is 7.53. The summed E-state index contributed by atoms with van der Waals surface area (Å²) in [5.41, 5.74) is 0. The van der Waals surface area contributed by atoms with E-state index in [2.05, 4.69) is 5.32 Å². The van der Waals surface area contributed by atoms with E-state index in [9.17, 15) is 8.42 Å². The average molecular weight is 224 g/mol. The summed E-state index contributed by atoms with van der Waals surface area (Å²) < 4.78 is 21.1. The molecule has 0 radical (unpaired) electrons. The molecule has 0 spiro atoms. The highest BCUT2D eigenvalue weighted by molar-refractivity contribution is 7.99. The quantitative estimate of drug-likeness (QED) is 0.632. The van der Waals surface area contributed by atoms with Crippen LogP contribution in [0.25, 0.3) is 0 Å². The lowest BCUT2D eigenvalue weighted by molar-refractivity contribution is 0.549. The second kappa shape index (κ2) is 5.19. The summed E-state index contributed by atoms with van der Waals surface area (Å²) in [4.78, 5) is 0. The minimum absolute atomic E-state index is 0.0832. The Morgan fingerprint density at radius 3 is 2.85 bits per heavy atom. The molecule has 0 amide bonds. The van der Waals surface area contributed by atoms with Crippen LogP contribution in [0.15, 0.2) is 0 Å². The van der Waals surface area contributed by atoms with Crippen molar-refractivity contribution in [3.63, 3.8) is 0 Å². The number of primary sulfonamides is 1. The van der Waals surface area contributed by atoms with Crippen LogP contribution in [0.5, 0.6) is 0 Å². The number of rotatable bonds is 5. The Bertz CT molecular complexity index is 235. The fraction of sp³-hybridized carbons (Fsp3) is 1.00. The first kappa shape index (κ1) is 11.3. The molecule has 1 aliphatic heterocycles. The molecule has 0 aromatic heterocycles. The van der Waals surface area contributed by atoms with Crippen molar-refractivity contribution in [3.8, 4) is 0 Å². The Labute approximate surface area is 83.7 Å². The van der Waals surface area contributed by atoms with Crippen LogP contribution in [0, 0.1) is 0 Å². The van der Waals surface area contributed by atoms with Crippen molar-refractivity contribution < 1.29 is 8.42 Å². The summed E-state index contributed by atoms with van der Waals surface area (Å²) in [7, 11) is -3.27. The van der Waals surface area contributed by atoms with Gasteiger partial charge < -0.3 is 5.32 Å². The van der Waals surface area contributed by atoms with Crippen molar-refractivity contribution in [2.75, 3.05) is 23.8 Å². The van der Waals surface area contributed by atoms with Crippen molar-refractivity contribution in [1.29, 1.82) is 0 Å². The SMILES string of the molecule is NS(=O)(=O)CCCNC1CCSC1. The molecule has 0 aromatic rings. The summed E-state index contributed by atoms with van der Waals surface area (Å²) >= 11 is 1.94. The average Bonchev–Trinajstić information content (AvgIpc) is 2.48. The van der Waals surface area contributed by atoms with Crippen molar-refractivity contribution in [1.82, 2.24) is 5.32 Å². The van der Waals surface area contributed by atoms with Crippen molar-refractivity contribution >= 4 is 21.8 Å². The van der Waals surface area contributed by atoms with Crippen LogP contribution in [0.2, 0.25) is 0 Å². The van der Waals surface area contributed by atoms with Gasteiger partial charge in [0, 0.05) is 11.8 Å². The lowest BCUT2D eigenvalue weighted by atomic mass is 10.2. The van der Waals surface area contributed by atoms with Gasteiger partial charge in [0.2, 0.25) is 10.0 Å². The maximum absolute atomic E-state index is 10.6. The molecule has 13 heavy (non-hydrogen) atoms. The van der Waals surface area contributed by atoms with Crippen LogP contribution in [-0.2, 0) is 10.0 Å². The monoisotopic (exact) mass is 224 g/mol. The maximum Gasteiger partial charge on any atom is 0.209 e. The molecule has 1 rings (SSSR count). The van der Waals surface area contributed by atoms with E-state index in [0.717, 1.165) is 12.3 Å². The molecular formula is C7H16N2O2S2. The summed E-state index contributed by atoms with van der Waals surface area (Å²) in [6.45, 7) is 0.752. The zero-order chi connectivity index (χ0) is 9.73. The lowest BCUT2D eigenvalue weighted by Gasteiger charge is -2.09. The fourth-order valence-electron chi connectivity index (χ4n) is 1.28. The molecular weight excluding hydrogens is 208 g/mol. The van der Waals surface area contributed by atoms with Crippen molar-refractivity contribution in [2.45, 2.75) is 18.9 Å². The molecule has 3 N–H and O–H groups in total. The largest absolute Gasteiger partial charge is 0.313 e. The fourth-order valence-corrected chi connectivity index (χ4v) is 3.01. The van der Waals surface area contributed by atoms with Gasteiger partial charge in [-0.05, 0) is 25.1 Å². The van der Waals surface area contributed by atoms with E-state index in [1.165, 1.54) is 12.2 Å². The molecule has 4 nitrogen and oxygen atoms in total. The highest BCUT2D eigenvalue weighted by Crippen LogP contribution is 2.16. The first-order valence-electron chi connectivity index (χ1n) is 4.39. The molecule has 6 heteroatoms. The molecule has 1 fully saturated rings. The van der Waals surface area contributed by atoms with Gasteiger partial charge in [-0.2, -0.15) is 11.8 Å². The number of nitrogens with one attached hydrogen (secondary N) is 1. The lowest BCUT2D eigenvalue weighted by Crippen LogP contribution is -2.31. The Morgan fingerprint density at radius 2 is 2.31 bits per heavy atom. The molecule has 0 aromatic carbocycles. The van der Waals surface area contributed by atoms with Gasteiger partial charge >= 0.3 is 0 Å². The molecule has 1 aliphatic rings. The molecule has 1 heterocycles. The van der Waals surface area contributed by atoms with Gasteiger partial charge in [0.1, 0.15) is 0 Å².